The summed E-state index contributed by atoms with van der Waals surface area (Å²) in [6.45, 7) is 3.30. The highest BCUT2D eigenvalue weighted by Gasteiger charge is 2.44. The van der Waals surface area contributed by atoms with Crippen molar-refractivity contribution in [2.45, 2.75) is 26.7 Å². The first-order valence-electron chi connectivity index (χ1n) is 15.4. The van der Waals surface area contributed by atoms with Crippen molar-refractivity contribution < 1.29 is 23.8 Å². The Kier molecular flexibility index (Phi) is 11.2. The van der Waals surface area contributed by atoms with Crippen LogP contribution in [0.4, 0.5) is 0 Å². The second kappa shape index (κ2) is 15.8. The van der Waals surface area contributed by atoms with Crippen LogP contribution < -0.4 is 30.1 Å². The van der Waals surface area contributed by atoms with Crippen LogP contribution in [0.3, 0.4) is 0 Å². The van der Waals surface area contributed by atoms with Gasteiger partial charge >= 0.3 is 11.9 Å². The van der Waals surface area contributed by atoms with E-state index in [1.165, 1.54) is 29.8 Å². The van der Waals surface area contributed by atoms with Crippen LogP contribution in [0.5, 0.6) is 17.2 Å². The molecule has 5 rings (SSSR count). The van der Waals surface area contributed by atoms with Crippen LogP contribution in [0.1, 0.15) is 37.8 Å². The zero-order chi connectivity index (χ0) is 32.2. The van der Waals surface area contributed by atoms with E-state index in [9.17, 15) is 9.59 Å². The summed E-state index contributed by atoms with van der Waals surface area (Å²) in [4.78, 5) is 23.1. The van der Waals surface area contributed by atoms with E-state index in [2.05, 4.69) is 91.0 Å². The molecule has 232 valence electrons. The summed E-state index contributed by atoms with van der Waals surface area (Å²) in [7, 11) is -1.88. The Hall–Kier alpha value is -4.99. The number of benzene rings is 5. The van der Waals surface area contributed by atoms with E-state index in [-0.39, 0.29) is 5.97 Å². The molecule has 0 saturated heterocycles. The Morgan fingerprint density at radius 3 is 1.63 bits per heavy atom. The Balaban J connectivity index is 1.28. The predicted octanol–water partition coefficient (Wildman–Crippen LogP) is 7.86. The van der Waals surface area contributed by atoms with Crippen LogP contribution in [-0.2, 0) is 9.59 Å². The molecule has 6 heteroatoms. The maximum absolute atomic E-state index is 11.9. The van der Waals surface area contributed by atoms with E-state index >= 15 is 0 Å². The van der Waals surface area contributed by atoms with Gasteiger partial charge in [0.1, 0.15) is 40.4 Å². The summed E-state index contributed by atoms with van der Waals surface area (Å²) in [5.41, 5.74) is 1.65. The molecule has 0 heterocycles. The van der Waals surface area contributed by atoms with Gasteiger partial charge in [0.25, 0.3) is 0 Å². The molecule has 0 spiro atoms. The fraction of sp³-hybridized carbons (Fsp3) is 0.150. The fourth-order valence-electron chi connectivity index (χ4n) is 5.51. The lowest BCUT2D eigenvalue weighted by molar-refractivity contribution is -0.132. The summed E-state index contributed by atoms with van der Waals surface area (Å²) >= 11 is 0. The quantitative estimate of drug-likeness (QED) is 0.0436. The third kappa shape index (κ3) is 8.38. The van der Waals surface area contributed by atoms with Gasteiger partial charge in [0.15, 0.2) is 0 Å². The molecule has 0 aromatic heterocycles. The van der Waals surface area contributed by atoms with Crippen LogP contribution in [0.25, 0.3) is 12.2 Å². The summed E-state index contributed by atoms with van der Waals surface area (Å²) < 4.78 is 16.8. The summed E-state index contributed by atoms with van der Waals surface area (Å²) in [6, 6.07) is 45.4. The summed E-state index contributed by atoms with van der Waals surface area (Å²) in [5.74, 6) is 0.798. The third-order valence-electron chi connectivity index (χ3n) is 7.58. The van der Waals surface area contributed by atoms with E-state index < -0.39 is 13.2 Å². The molecule has 0 saturated carbocycles. The molecular weight excluding hydrogens is 591 g/mol. The SMILES string of the molecule is CC(=O)Oc1ccc(/C=C/c2ccc(OCCCC[P+](c3ccccc3)(c3ccccc3)c3ccccc3)cc2OC(C)=O)cc1. The first-order valence-corrected chi connectivity index (χ1v) is 17.4. The first-order chi connectivity index (χ1) is 22.4. The van der Waals surface area contributed by atoms with Crippen molar-refractivity contribution in [1.29, 1.82) is 0 Å². The zero-order valence-corrected chi connectivity index (χ0v) is 27.1. The average molecular weight is 630 g/mol. The van der Waals surface area contributed by atoms with Gasteiger partial charge in [-0.2, -0.15) is 0 Å². The Morgan fingerprint density at radius 2 is 1.11 bits per heavy atom. The fourth-order valence-corrected chi connectivity index (χ4v) is 9.92. The number of ether oxygens (including phenoxy) is 3. The van der Waals surface area contributed by atoms with Crippen molar-refractivity contribution in [2.75, 3.05) is 12.8 Å². The standard InChI is InChI=1S/C40H38O5P/c1-31(41)44-35-25-21-33(22-26-35)20-23-34-24-27-36(30-40(34)45-32(2)42)43-28-12-13-29-46(37-14-6-3-7-15-37,38-16-8-4-9-17-38)39-18-10-5-11-19-39/h3-11,14-27,30H,12-13,28-29H2,1-2H3/q+1/b23-20+. The van der Waals surface area contributed by atoms with Crippen LogP contribution >= 0.6 is 7.26 Å². The van der Waals surface area contributed by atoms with Crippen LogP contribution in [0.2, 0.25) is 0 Å². The maximum Gasteiger partial charge on any atom is 0.308 e. The van der Waals surface area contributed by atoms with Gasteiger partial charge in [0, 0.05) is 25.5 Å². The average Bonchev–Trinajstić information content (AvgIpc) is 3.07. The molecule has 0 radical (unpaired) electrons. The molecular formula is C40H38O5P+. The molecule has 0 fully saturated rings. The third-order valence-corrected chi connectivity index (χ3v) is 12.1. The molecule has 0 N–H and O–H groups in total. The van der Waals surface area contributed by atoms with Crippen LogP contribution in [0.15, 0.2) is 133 Å². The molecule has 0 aliphatic heterocycles. The molecule has 0 amide bonds. The number of carbonyl (C=O) groups excluding carboxylic acids is 2. The zero-order valence-electron chi connectivity index (χ0n) is 26.2. The summed E-state index contributed by atoms with van der Waals surface area (Å²) in [6.07, 6.45) is 6.67. The molecule has 0 aliphatic rings. The maximum atomic E-state index is 11.9. The predicted molar refractivity (Wildman–Crippen MR) is 189 cm³/mol. The molecule has 5 aromatic rings. The lowest BCUT2D eigenvalue weighted by Crippen LogP contribution is -2.33. The van der Waals surface area contributed by atoms with Gasteiger partial charge in [-0.15, -0.1) is 0 Å². The van der Waals surface area contributed by atoms with Gasteiger partial charge in [0.05, 0.1) is 12.8 Å². The van der Waals surface area contributed by atoms with E-state index in [1.807, 2.05) is 36.4 Å². The van der Waals surface area contributed by atoms with Crippen LogP contribution in [-0.4, -0.2) is 24.7 Å². The minimum absolute atomic E-state index is 0.363. The molecule has 0 atom stereocenters. The van der Waals surface area contributed by atoms with Crippen molar-refractivity contribution in [1.82, 2.24) is 0 Å². The number of carbonyl (C=O) groups is 2. The van der Waals surface area contributed by atoms with E-state index in [4.69, 9.17) is 14.2 Å². The van der Waals surface area contributed by atoms with E-state index in [0.717, 1.165) is 30.1 Å². The van der Waals surface area contributed by atoms with Crippen molar-refractivity contribution in [2.24, 2.45) is 0 Å². The smallest absolute Gasteiger partial charge is 0.308 e. The molecule has 46 heavy (non-hydrogen) atoms. The van der Waals surface area contributed by atoms with Crippen LogP contribution in [0, 0.1) is 0 Å². The molecule has 5 aromatic carbocycles. The van der Waals surface area contributed by atoms with Gasteiger partial charge in [-0.25, -0.2) is 0 Å². The second-order valence-corrected chi connectivity index (χ2v) is 14.5. The normalized spacial score (nSPS) is 11.3. The van der Waals surface area contributed by atoms with Crippen molar-refractivity contribution >= 4 is 47.3 Å². The highest BCUT2D eigenvalue weighted by molar-refractivity contribution is 7.95. The molecule has 5 nitrogen and oxygen atoms in total. The lowest BCUT2D eigenvalue weighted by Gasteiger charge is -2.27. The Labute approximate surface area is 271 Å². The summed E-state index contributed by atoms with van der Waals surface area (Å²) in [5, 5.41) is 4.13. The van der Waals surface area contributed by atoms with Gasteiger partial charge in [-0.05, 0) is 79.1 Å². The van der Waals surface area contributed by atoms with Crippen molar-refractivity contribution in [3.8, 4) is 17.2 Å². The largest absolute Gasteiger partial charge is 0.493 e. The minimum atomic E-state index is -1.88. The molecule has 0 aliphatic carbocycles. The van der Waals surface area contributed by atoms with Crippen molar-refractivity contribution in [3.05, 3.63) is 145 Å². The van der Waals surface area contributed by atoms with Gasteiger partial charge in [-0.3, -0.25) is 9.59 Å². The number of hydrogen-bond donors (Lipinski definition) is 0. The minimum Gasteiger partial charge on any atom is -0.493 e. The monoisotopic (exact) mass is 629 g/mol. The Morgan fingerprint density at radius 1 is 0.587 bits per heavy atom. The van der Waals surface area contributed by atoms with Gasteiger partial charge in [-0.1, -0.05) is 78.9 Å². The molecule has 0 bridgehead atoms. The van der Waals surface area contributed by atoms with E-state index in [0.29, 0.717) is 23.9 Å². The van der Waals surface area contributed by atoms with E-state index in [1.54, 1.807) is 18.2 Å². The molecule has 0 unspecified atom stereocenters. The topological polar surface area (TPSA) is 61.8 Å². The number of hydrogen-bond acceptors (Lipinski definition) is 5. The number of unbranched alkanes of at least 4 members (excludes halogenated alkanes) is 1. The highest BCUT2D eigenvalue weighted by Crippen LogP contribution is 2.55. The first kappa shape index (κ1) is 32.4. The van der Waals surface area contributed by atoms with Gasteiger partial charge < -0.3 is 14.2 Å². The van der Waals surface area contributed by atoms with Crippen molar-refractivity contribution in [3.63, 3.8) is 0 Å². The number of rotatable bonds is 13. The lowest BCUT2D eigenvalue weighted by atomic mass is 10.1. The highest BCUT2D eigenvalue weighted by atomic mass is 31.2. The Bertz CT molecular complexity index is 1650. The van der Waals surface area contributed by atoms with Gasteiger partial charge in [0.2, 0.25) is 0 Å². The number of esters is 2. The second-order valence-electron chi connectivity index (χ2n) is 10.9.